The Morgan fingerprint density at radius 2 is 1.69 bits per heavy atom. The van der Waals surface area contributed by atoms with Crippen LogP contribution in [0.5, 0.6) is 0 Å². The van der Waals surface area contributed by atoms with Crippen LogP contribution in [0.3, 0.4) is 0 Å². The zero-order chi connectivity index (χ0) is 11.8. The van der Waals surface area contributed by atoms with Crippen LogP contribution in [0.2, 0.25) is 0 Å². The quantitative estimate of drug-likeness (QED) is 0.694. The van der Waals surface area contributed by atoms with Gasteiger partial charge in [0.15, 0.2) is 0 Å². The van der Waals surface area contributed by atoms with E-state index in [0.29, 0.717) is 11.8 Å². The van der Waals surface area contributed by atoms with Crippen molar-refractivity contribution in [1.82, 2.24) is 0 Å². The first kappa shape index (κ1) is 12.7. The molecule has 1 N–H and O–H groups in total. The van der Waals surface area contributed by atoms with Gasteiger partial charge < -0.3 is 5.11 Å². The zero-order valence-corrected chi connectivity index (χ0v) is 9.68. The minimum Gasteiger partial charge on any atom is -0.396 e. The summed E-state index contributed by atoms with van der Waals surface area (Å²) in [5.41, 5.74) is 1.30. The first-order valence-electron chi connectivity index (χ1n) is 5.71. The second kappa shape index (κ2) is 7.02. The van der Waals surface area contributed by atoms with Gasteiger partial charge in [-0.25, -0.2) is 0 Å². The van der Waals surface area contributed by atoms with Crippen molar-refractivity contribution >= 4 is 0 Å². The van der Waals surface area contributed by atoms with E-state index < -0.39 is 0 Å². The molecule has 1 aromatic carbocycles. The predicted octanol–water partition coefficient (Wildman–Crippen LogP) is 3.22. The van der Waals surface area contributed by atoms with E-state index >= 15 is 0 Å². The Morgan fingerprint density at radius 3 is 2.19 bits per heavy atom. The van der Waals surface area contributed by atoms with Crippen molar-refractivity contribution in [3.05, 3.63) is 61.2 Å². The smallest absolute Gasteiger partial charge is 0.0436 e. The molecule has 0 radical (unpaired) electrons. The third kappa shape index (κ3) is 3.67. The van der Waals surface area contributed by atoms with Crippen LogP contribution in [0.1, 0.15) is 12.0 Å². The van der Waals surface area contributed by atoms with E-state index in [4.69, 9.17) is 5.11 Å². The lowest BCUT2D eigenvalue weighted by Crippen LogP contribution is -2.14. The molecule has 0 unspecified atom stereocenters. The summed E-state index contributed by atoms with van der Waals surface area (Å²) < 4.78 is 0. The fourth-order valence-corrected chi connectivity index (χ4v) is 1.95. The summed E-state index contributed by atoms with van der Waals surface area (Å²) in [4.78, 5) is 0. The highest BCUT2D eigenvalue weighted by atomic mass is 16.3. The van der Waals surface area contributed by atoms with Crippen molar-refractivity contribution in [1.29, 1.82) is 0 Å². The van der Waals surface area contributed by atoms with Gasteiger partial charge in [-0.1, -0.05) is 42.5 Å². The van der Waals surface area contributed by atoms with Gasteiger partial charge in [-0.15, -0.1) is 13.2 Å². The minimum absolute atomic E-state index is 0.204. The molecule has 0 bridgehead atoms. The molecule has 0 saturated heterocycles. The Hall–Kier alpha value is -1.34. The van der Waals surface area contributed by atoms with Crippen LogP contribution in [0, 0.1) is 11.8 Å². The lowest BCUT2D eigenvalue weighted by atomic mass is 9.85. The normalized spacial score (nSPS) is 14.1. The van der Waals surface area contributed by atoms with E-state index in [1.54, 1.807) is 0 Å². The Bertz CT molecular complexity index is 315. The summed E-state index contributed by atoms with van der Waals surface area (Å²) in [5, 5.41) is 9.00. The van der Waals surface area contributed by atoms with E-state index in [1.807, 2.05) is 30.4 Å². The van der Waals surface area contributed by atoms with Crippen molar-refractivity contribution in [2.24, 2.45) is 11.8 Å². The molecule has 1 nitrogen and oxygen atoms in total. The van der Waals surface area contributed by atoms with Crippen molar-refractivity contribution in [2.45, 2.75) is 12.8 Å². The number of rotatable bonds is 7. The summed E-state index contributed by atoms with van der Waals surface area (Å²) >= 11 is 0. The van der Waals surface area contributed by atoms with Gasteiger partial charge in [0.1, 0.15) is 0 Å². The SMILES string of the molecule is C=C[C@H](Cc1ccccc1)[C@@H](C=C)CCO. The average Bonchev–Trinajstić information content (AvgIpc) is 2.35. The van der Waals surface area contributed by atoms with Crippen LogP contribution in [0.25, 0.3) is 0 Å². The molecule has 0 fully saturated rings. The molecule has 0 aliphatic rings. The second-order valence-electron chi connectivity index (χ2n) is 4.00. The van der Waals surface area contributed by atoms with E-state index in [2.05, 4.69) is 25.3 Å². The summed E-state index contributed by atoms with van der Waals surface area (Å²) in [5.74, 6) is 0.662. The fourth-order valence-electron chi connectivity index (χ4n) is 1.95. The van der Waals surface area contributed by atoms with Crippen LogP contribution in [0.4, 0.5) is 0 Å². The summed E-state index contributed by atoms with van der Waals surface area (Å²) in [6.45, 7) is 7.91. The molecular formula is C15H20O. The largest absolute Gasteiger partial charge is 0.396 e. The zero-order valence-electron chi connectivity index (χ0n) is 9.68. The van der Waals surface area contributed by atoms with Gasteiger partial charge in [0.2, 0.25) is 0 Å². The molecule has 86 valence electrons. The first-order chi connectivity index (χ1) is 7.81. The first-order valence-corrected chi connectivity index (χ1v) is 5.71. The fraction of sp³-hybridized carbons (Fsp3) is 0.333. The summed E-state index contributed by atoms with van der Waals surface area (Å²) in [6.07, 6.45) is 5.61. The lowest BCUT2D eigenvalue weighted by Gasteiger charge is -2.20. The van der Waals surface area contributed by atoms with Crippen LogP contribution >= 0.6 is 0 Å². The van der Waals surface area contributed by atoms with Crippen LogP contribution in [-0.2, 0) is 6.42 Å². The number of hydrogen-bond acceptors (Lipinski definition) is 1. The highest BCUT2D eigenvalue weighted by Gasteiger charge is 2.15. The van der Waals surface area contributed by atoms with Crippen molar-refractivity contribution in [3.8, 4) is 0 Å². The molecule has 2 atom stereocenters. The average molecular weight is 216 g/mol. The van der Waals surface area contributed by atoms with E-state index in [-0.39, 0.29) is 6.61 Å². The molecule has 1 aromatic rings. The minimum atomic E-state index is 0.204. The molecule has 0 aliphatic carbocycles. The Morgan fingerprint density at radius 1 is 1.06 bits per heavy atom. The maximum absolute atomic E-state index is 9.00. The molecule has 0 amide bonds. The third-order valence-corrected chi connectivity index (χ3v) is 2.93. The lowest BCUT2D eigenvalue weighted by molar-refractivity contribution is 0.254. The molecular weight excluding hydrogens is 196 g/mol. The molecule has 16 heavy (non-hydrogen) atoms. The van der Waals surface area contributed by atoms with Gasteiger partial charge in [-0.2, -0.15) is 0 Å². The van der Waals surface area contributed by atoms with E-state index in [0.717, 1.165) is 12.8 Å². The Kier molecular flexibility index (Phi) is 5.58. The van der Waals surface area contributed by atoms with Gasteiger partial charge in [0, 0.05) is 6.61 Å². The molecule has 1 rings (SSSR count). The summed E-state index contributed by atoms with van der Waals surface area (Å²) in [6, 6.07) is 10.4. The monoisotopic (exact) mass is 216 g/mol. The maximum atomic E-state index is 9.00. The number of aliphatic hydroxyl groups excluding tert-OH is 1. The third-order valence-electron chi connectivity index (χ3n) is 2.93. The Balaban J connectivity index is 2.67. The van der Waals surface area contributed by atoms with Gasteiger partial charge in [-0.3, -0.25) is 0 Å². The molecule has 0 aliphatic heterocycles. The Labute approximate surface area is 98.1 Å². The number of benzene rings is 1. The van der Waals surface area contributed by atoms with Gasteiger partial charge in [0.25, 0.3) is 0 Å². The highest BCUT2D eigenvalue weighted by Crippen LogP contribution is 2.22. The predicted molar refractivity (Wildman–Crippen MR) is 69.2 cm³/mol. The van der Waals surface area contributed by atoms with Gasteiger partial charge in [-0.05, 0) is 30.2 Å². The van der Waals surface area contributed by atoms with Gasteiger partial charge >= 0.3 is 0 Å². The van der Waals surface area contributed by atoms with Crippen LogP contribution < -0.4 is 0 Å². The van der Waals surface area contributed by atoms with Crippen molar-refractivity contribution in [2.75, 3.05) is 6.61 Å². The molecule has 0 aromatic heterocycles. The highest BCUT2D eigenvalue weighted by molar-refractivity contribution is 5.16. The van der Waals surface area contributed by atoms with Crippen LogP contribution in [0.15, 0.2) is 55.6 Å². The number of aliphatic hydroxyl groups is 1. The molecule has 0 spiro atoms. The number of hydrogen-bond donors (Lipinski definition) is 1. The van der Waals surface area contributed by atoms with Crippen LogP contribution in [-0.4, -0.2) is 11.7 Å². The van der Waals surface area contributed by atoms with Crippen molar-refractivity contribution in [3.63, 3.8) is 0 Å². The van der Waals surface area contributed by atoms with Gasteiger partial charge in [0.05, 0.1) is 0 Å². The van der Waals surface area contributed by atoms with E-state index in [9.17, 15) is 0 Å². The molecule has 1 heteroatoms. The molecule has 0 saturated carbocycles. The van der Waals surface area contributed by atoms with E-state index in [1.165, 1.54) is 5.56 Å². The standard InChI is InChI=1S/C15H20O/c1-3-14(10-11-16)15(4-2)12-13-8-6-5-7-9-13/h3-9,14-16H,1-2,10-12H2/t14-,15+/m0/s1. The number of allylic oxidation sites excluding steroid dienone is 2. The van der Waals surface area contributed by atoms with Crippen molar-refractivity contribution < 1.29 is 5.11 Å². The topological polar surface area (TPSA) is 20.2 Å². The second-order valence-corrected chi connectivity index (χ2v) is 4.00. The maximum Gasteiger partial charge on any atom is 0.0436 e. The molecule has 0 heterocycles. The summed E-state index contributed by atoms with van der Waals surface area (Å²) in [7, 11) is 0.